The summed E-state index contributed by atoms with van der Waals surface area (Å²) in [5.41, 5.74) is 2.02. The number of rotatable bonds is 5. The summed E-state index contributed by atoms with van der Waals surface area (Å²) in [5.74, 6) is -0.00691. The second-order valence-electron chi connectivity index (χ2n) is 4.74. The van der Waals surface area contributed by atoms with Gasteiger partial charge in [0.2, 0.25) is 5.91 Å². The number of hydrogen-bond acceptors (Lipinski definition) is 5. The fraction of sp³-hybridized carbons (Fsp3) is 0.571. The highest BCUT2D eigenvalue weighted by Crippen LogP contribution is 2.14. The Bertz CT molecular complexity index is 453. The third kappa shape index (κ3) is 3.68. The largest absolute Gasteiger partial charge is 0.385 e. The van der Waals surface area contributed by atoms with Crippen molar-refractivity contribution in [3.63, 3.8) is 0 Å². The number of nitrogens with one attached hydrogen (secondary N) is 2. The van der Waals surface area contributed by atoms with Crippen molar-refractivity contribution < 1.29 is 9.53 Å². The number of morpholine rings is 1. The van der Waals surface area contributed by atoms with Crippen molar-refractivity contribution in [2.24, 2.45) is 0 Å². The Kier molecular flexibility index (Phi) is 5.31. The molecule has 2 rings (SSSR count). The molecule has 6 nitrogen and oxygen atoms in total. The average molecular weight is 278 g/mol. The topological polar surface area (TPSA) is 66.5 Å². The van der Waals surface area contributed by atoms with E-state index in [0.29, 0.717) is 19.8 Å². The normalized spacial score (nSPS) is 19.6. The second kappa shape index (κ2) is 7.21. The number of likely N-dealkylation sites (N-methyl/N-ethyl adjacent to an activating group) is 1. The van der Waals surface area contributed by atoms with Crippen LogP contribution in [0.5, 0.6) is 0 Å². The molecule has 1 aliphatic heterocycles. The van der Waals surface area contributed by atoms with Crippen LogP contribution in [0.4, 0.5) is 5.69 Å². The van der Waals surface area contributed by atoms with Gasteiger partial charge >= 0.3 is 0 Å². The van der Waals surface area contributed by atoms with Gasteiger partial charge in [0, 0.05) is 38.6 Å². The van der Waals surface area contributed by atoms with Crippen LogP contribution in [0, 0.1) is 0 Å². The van der Waals surface area contributed by atoms with Crippen molar-refractivity contribution >= 4 is 11.6 Å². The molecule has 1 atom stereocenters. The number of aromatic nitrogens is 1. The van der Waals surface area contributed by atoms with E-state index in [1.165, 1.54) is 0 Å². The molecule has 0 saturated carbocycles. The standard InChI is InChI=1S/C14H22N4O2/c1-3-16-11-4-5-17-12(8-11)9-18-6-7-20-10-13(18)14(19)15-2/h4-5,8,13H,3,6-7,9-10H2,1-2H3,(H,15,19)(H,16,17). The van der Waals surface area contributed by atoms with Gasteiger partial charge in [0.1, 0.15) is 6.04 Å². The molecule has 110 valence electrons. The minimum absolute atomic E-state index is 0.00691. The predicted octanol–water partition coefficient (Wildman–Crippen LogP) is 0.460. The van der Waals surface area contributed by atoms with E-state index < -0.39 is 0 Å². The Morgan fingerprint density at radius 2 is 2.45 bits per heavy atom. The highest BCUT2D eigenvalue weighted by molar-refractivity contribution is 5.81. The molecule has 1 fully saturated rings. The smallest absolute Gasteiger partial charge is 0.239 e. The summed E-state index contributed by atoms with van der Waals surface area (Å²) in [6.45, 7) is 5.42. The van der Waals surface area contributed by atoms with Crippen LogP contribution < -0.4 is 10.6 Å². The number of amides is 1. The van der Waals surface area contributed by atoms with E-state index in [1.807, 2.05) is 12.1 Å². The second-order valence-corrected chi connectivity index (χ2v) is 4.74. The van der Waals surface area contributed by atoms with Crippen molar-refractivity contribution in [1.29, 1.82) is 0 Å². The molecule has 2 N–H and O–H groups in total. The SMILES string of the molecule is CCNc1ccnc(CN2CCOCC2C(=O)NC)c1. The fourth-order valence-corrected chi connectivity index (χ4v) is 2.32. The third-order valence-electron chi connectivity index (χ3n) is 3.35. The summed E-state index contributed by atoms with van der Waals surface area (Å²) >= 11 is 0. The summed E-state index contributed by atoms with van der Waals surface area (Å²) in [6, 6.07) is 3.74. The monoisotopic (exact) mass is 278 g/mol. The van der Waals surface area contributed by atoms with E-state index in [4.69, 9.17) is 4.74 Å². The van der Waals surface area contributed by atoms with E-state index in [9.17, 15) is 4.79 Å². The number of nitrogens with zero attached hydrogens (tertiary/aromatic N) is 2. The minimum Gasteiger partial charge on any atom is -0.385 e. The van der Waals surface area contributed by atoms with Crippen LogP contribution in [0.25, 0.3) is 0 Å². The molecule has 0 aromatic carbocycles. The number of pyridine rings is 1. The molecule has 6 heteroatoms. The first kappa shape index (κ1) is 14.7. The number of carbonyl (C=O) groups is 1. The Morgan fingerprint density at radius 1 is 1.60 bits per heavy atom. The lowest BCUT2D eigenvalue weighted by Gasteiger charge is -2.33. The van der Waals surface area contributed by atoms with Crippen LogP contribution in [0.15, 0.2) is 18.3 Å². The molecule has 0 aliphatic carbocycles. The maximum absolute atomic E-state index is 11.9. The van der Waals surface area contributed by atoms with Gasteiger partial charge in [-0.1, -0.05) is 0 Å². The minimum atomic E-state index is -0.238. The van der Waals surface area contributed by atoms with E-state index >= 15 is 0 Å². The Labute approximate surface area is 119 Å². The van der Waals surface area contributed by atoms with Gasteiger partial charge in [0.25, 0.3) is 0 Å². The molecule has 1 saturated heterocycles. The third-order valence-corrected chi connectivity index (χ3v) is 3.35. The number of ether oxygens (including phenoxy) is 1. The van der Waals surface area contributed by atoms with Gasteiger partial charge in [0.15, 0.2) is 0 Å². The van der Waals surface area contributed by atoms with Crippen LogP contribution in [0.2, 0.25) is 0 Å². The first-order valence-corrected chi connectivity index (χ1v) is 6.96. The summed E-state index contributed by atoms with van der Waals surface area (Å²) in [4.78, 5) is 18.4. The molecule has 0 radical (unpaired) electrons. The van der Waals surface area contributed by atoms with Crippen molar-refractivity contribution in [1.82, 2.24) is 15.2 Å². The summed E-state index contributed by atoms with van der Waals surface area (Å²) in [5, 5.41) is 5.96. The van der Waals surface area contributed by atoms with E-state index in [1.54, 1.807) is 13.2 Å². The van der Waals surface area contributed by atoms with E-state index in [-0.39, 0.29) is 11.9 Å². The van der Waals surface area contributed by atoms with Crippen LogP contribution in [-0.2, 0) is 16.1 Å². The van der Waals surface area contributed by atoms with Crippen molar-refractivity contribution in [3.05, 3.63) is 24.0 Å². The first-order valence-electron chi connectivity index (χ1n) is 6.96. The van der Waals surface area contributed by atoms with Gasteiger partial charge in [-0.05, 0) is 19.1 Å². The lowest BCUT2D eigenvalue weighted by molar-refractivity contribution is -0.132. The number of carbonyl (C=O) groups excluding carboxylic acids is 1. The lowest BCUT2D eigenvalue weighted by Crippen LogP contribution is -2.52. The molecule has 1 amide bonds. The van der Waals surface area contributed by atoms with Crippen LogP contribution in [0.1, 0.15) is 12.6 Å². The molecule has 2 heterocycles. The lowest BCUT2D eigenvalue weighted by atomic mass is 10.2. The number of hydrogen-bond donors (Lipinski definition) is 2. The van der Waals surface area contributed by atoms with Crippen LogP contribution in [-0.4, -0.2) is 55.2 Å². The fourth-order valence-electron chi connectivity index (χ4n) is 2.32. The zero-order valence-electron chi connectivity index (χ0n) is 12.1. The molecule has 0 spiro atoms. The van der Waals surface area contributed by atoms with E-state index in [2.05, 4.69) is 27.4 Å². The summed E-state index contributed by atoms with van der Waals surface area (Å²) in [7, 11) is 1.65. The van der Waals surface area contributed by atoms with Gasteiger partial charge in [-0.15, -0.1) is 0 Å². The first-order chi connectivity index (χ1) is 9.74. The Morgan fingerprint density at radius 3 is 3.20 bits per heavy atom. The molecule has 1 aliphatic rings. The highest BCUT2D eigenvalue weighted by Gasteiger charge is 2.28. The van der Waals surface area contributed by atoms with Crippen molar-refractivity contribution in [2.75, 3.05) is 38.7 Å². The molecule has 1 unspecified atom stereocenters. The predicted molar refractivity (Wildman–Crippen MR) is 77.5 cm³/mol. The van der Waals surface area contributed by atoms with Crippen molar-refractivity contribution in [3.8, 4) is 0 Å². The maximum atomic E-state index is 11.9. The average Bonchev–Trinajstić information content (AvgIpc) is 2.48. The van der Waals surface area contributed by atoms with Gasteiger partial charge < -0.3 is 15.4 Å². The Balaban J connectivity index is 2.06. The molecular formula is C14H22N4O2. The zero-order valence-corrected chi connectivity index (χ0v) is 12.1. The molecular weight excluding hydrogens is 256 g/mol. The van der Waals surface area contributed by atoms with Gasteiger partial charge in [0.05, 0.1) is 18.9 Å². The molecule has 1 aromatic heterocycles. The quantitative estimate of drug-likeness (QED) is 0.819. The number of anilines is 1. The Hall–Kier alpha value is -1.66. The molecule has 20 heavy (non-hydrogen) atoms. The molecule has 0 bridgehead atoms. The van der Waals surface area contributed by atoms with Crippen LogP contribution >= 0.6 is 0 Å². The van der Waals surface area contributed by atoms with Gasteiger partial charge in [-0.3, -0.25) is 14.7 Å². The zero-order chi connectivity index (χ0) is 14.4. The summed E-state index contributed by atoms with van der Waals surface area (Å²) in [6.07, 6.45) is 1.79. The van der Waals surface area contributed by atoms with Gasteiger partial charge in [-0.2, -0.15) is 0 Å². The summed E-state index contributed by atoms with van der Waals surface area (Å²) < 4.78 is 5.40. The molecule has 1 aromatic rings. The maximum Gasteiger partial charge on any atom is 0.239 e. The highest BCUT2D eigenvalue weighted by atomic mass is 16.5. The van der Waals surface area contributed by atoms with Gasteiger partial charge in [-0.25, -0.2) is 0 Å². The van der Waals surface area contributed by atoms with Crippen LogP contribution in [0.3, 0.4) is 0 Å². The van der Waals surface area contributed by atoms with Crippen molar-refractivity contribution in [2.45, 2.75) is 19.5 Å². The van der Waals surface area contributed by atoms with E-state index in [0.717, 1.165) is 24.5 Å².